The lowest BCUT2D eigenvalue weighted by atomic mass is 10.1. The van der Waals surface area contributed by atoms with Gasteiger partial charge in [0.2, 0.25) is 5.95 Å². The number of nitrogens with zero attached hydrogens (tertiary/aromatic N) is 5. The van der Waals surface area contributed by atoms with Gasteiger partial charge in [0.25, 0.3) is 11.5 Å². The summed E-state index contributed by atoms with van der Waals surface area (Å²) in [5, 5.41) is 0. The Balaban J connectivity index is 1.55. The Morgan fingerprint density at radius 1 is 1.17 bits per heavy atom. The fourth-order valence-electron chi connectivity index (χ4n) is 4.03. The van der Waals surface area contributed by atoms with Gasteiger partial charge < -0.3 is 19.3 Å². The lowest BCUT2D eigenvalue weighted by Crippen LogP contribution is -2.44. The zero-order valence-electron chi connectivity index (χ0n) is 20.8. The van der Waals surface area contributed by atoms with E-state index in [0.29, 0.717) is 31.3 Å². The molecule has 1 aliphatic rings. The van der Waals surface area contributed by atoms with Crippen LogP contribution in [0.15, 0.2) is 59.7 Å². The number of rotatable bonds is 6. The van der Waals surface area contributed by atoms with E-state index >= 15 is 0 Å². The molecule has 0 spiro atoms. The number of likely N-dealkylation sites (N-methyl/N-ethyl adjacent to an activating group) is 1. The van der Waals surface area contributed by atoms with E-state index in [1.807, 2.05) is 36.4 Å². The highest BCUT2D eigenvalue weighted by molar-refractivity contribution is 5.98. The van der Waals surface area contributed by atoms with Gasteiger partial charge in [0.05, 0.1) is 18.8 Å². The average Bonchev–Trinajstić information content (AvgIpc) is 2.90. The molecule has 1 fully saturated rings. The first-order chi connectivity index (χ1) is 16.7. The number of anilines is 2. The van der Waals surface area contributed by atoms with E-state index in [4.69, 9.17) is 14.5 Å². The number of carbonyl (C=O) groups excluding carboxylic acids is 1. The highest BCUT2D eigenvalue weighted by atomic mass is 16.5. The maximum atomic E-state index is 12.7. The number of ether oxygens (including phenoxy) is 2. The van der Waals surface area contributed by atoms with Crippen LogP contribution in [-0.4, -0.2) is 59.9 Å². The molecule has 9 nitrogen and oxygen atoms in total. The van der Waals surface area contributed by atoms with Crippen molar-refractivity contribution in [3.63, 3.8) is 0 Å². The minimum Gasteiger partial charge on any atom is -0.370 e. The molecule has 1 atom stereocenters. The van der Waals surface area contributed by atoms with Crippen molar-refractivity contribution < 1.29 is 14.3 Å². The fraction of sp³-hybridized carbons (Fsp3) is 0.385. The van der Waals surface area contributed by atoms with Crippen molar-refractivity contribution in [2.75, 3.05) is 43.7 Å². The molecule has 3 aromatic rings. The molecule has 0 radical (unpaired) electrons. The van der Waals surface area contributed by atoms with Crippen LogP contribution in [-0.2, 0) is 21.3 Å². The molecule has 35 heavy (non-hydrogen) atoms. The summed E-state index contributed by atoms with van der Waals surface area (Å²) in [4.78, 5) is 37.9. The molecule has 1 aliphatic heterocycles. The first kappa shape index (κ1) is 24.6. The van der Waals surface area contributed by atoms with E-state index in [0.717, 1.165) is 16.8 Å². The Hall–Kier alpha value is -3.56. The van der Waals surface area contributed by atoms with Crippen LogP contribution < -0.4 is 15.4 Å². The third-order valence-corrected chi connectivity index (χ3v) is 6.42. The Morgan fingerprint density at radius 3 is 2.51 bits per heavy atom. The van der Waals surface area contributed by atoms with E-state index < -0.39 is 5.60 Å². The van der Waals surface area contributed by atoms with Crippen LogP contribution >= 0.6 is 0 Å². The van der Waals surface area contributed by atoms with Crippen LogP contribution in [0.5, 0.6) is 0 Å². The predicted molar refractivity (Wildman–Crippen MR) is 135 cm³/mol. The van der Waals surface area contributed by atoms with Crippen LogP contribution in [0.25, 0.3) is 11.3 Å². The Kier molecular flexibility index (Phi) is 7.00. The molecule has 9 heteroatoms. The smallest absolute Gasteiger partial charge is 0.258 e. The third kappa shape index (κ3) is 5.11. The van der Waals surface area contributed by atoms with Crippen molar-refractivity contribution in [2.24, 2.45) is 7.05 Å². The zero-order chi connectivity index (χ0) is 25.2. The molecule has 1 saturated heterocycles. The Morgan fingerprint density at radius 2 is 1.86 bits per heavy atom. The van der Waals surface area contributed by atoms with Crippen LogP contribution in [0.2, 0.25) is 0 Å². The van der Waals surface area contributed by atoms with Gasteiger partial charge in [-0.15, -0.1) is 0 Å². The van der Waals surface area contributed by atoms with Gasteiger partial charge in [0.1, 0.15) is 11.7 Å². The summed E-state index contributed by atoms with van der Waals surface area (Å²) in [6.07, 6.45) is 3.17. The number of hydrogen-bond acceptors (Lipinski definition) is 7. The number of morpholine rings is 1. The summed E-state index contributed by atoms with van der Waals surface area (Å²) in [7, 11) is 4.99. The summed E-state index contributed by atoms with van der Waals surface area (Å²) in [6, 6.07) is 13.0. The zero-order valence-corrected chi connectivity index (χ0v) is 20.8. The molecule has 0 unspecified atom stereocenters. The number of amides is 1. The molecule has 0 aliphatic carbocycles. The van der Waals surface area contributed by atoms with E-state index in [1.165, 1.54) is 13.2 Å². The van der Waals surface area contributed by atoms with Gasteiger partial charge in [0.15, 0.2) is 0 Å². The fourth-order valence-corrected chi connectivity index (χ4v) is 4.03. The standard InChI is InChI=1S/C26H31N5O4/c1-26(2,34-5)24(33)29(3)20-8-6-19(7-9-20)22-17-31(14-15-35-22)25-28-21(16-23(32)30(25)4)18-10-12-27-13-11-18/h6-13,16,22H,14-15,17H2,1-5H3/t22-/m1/s1. The molecule has 4 rings (SSSR count). The normalized spacial score (nSPS) is 16.3. The molecule has 3 heterocycles. The monoisotopic (exact) mass is 477 g/mol. The lowest BCUT2D eigenvalue weighted by molar-refractivity contribution is -0.136. The van der Waals surface area contributed by atoms with Gasteiger partial charge in [-0.3, -0.25) is 19.1 Å². The van der Waals surface area contributed by atoms with Crippen LogP contribution in [0, 0.1) is 0 Å². The summed E-state index contributed by atoms with van der Waals surface area (Å²) < 4.78 is 12.9. The second-order valence-electron chi connectivity index (χ2n) is 9.05. The van der Waals surface area contributed by atoms with Crippen molar-refractivity contribution >= 4 is 17.5 Å². The number of carbonyl (C=O) groups is 1. The third-order valence-electron chi connectivity index (χ3n) is 6.42. The minimum atomic E-state index is -0.909. The van der Waals surface area contributed by atoms with Crippen molar-refractivity contribution in [3.05, 3.63) is 70.8 Å². The van der Waals surface area contributed by atoms with Gasteiger partial charge >= 0.3 is 0 Å². The lowest BCUT2D eigenvalue weighted by Gasteiger charge is -2.35. The van der Waals surface area contributed by atoms with Crippen LogP contribution in [0.4, 0.5) is 11.6 Å². The van der Waals surface area contributed by atoms with Gasteiger partial charge in [-0.1, -0.05) is 12.1 Å². The molecule has 0 bridgehead atoms. The molecular weight excluding hydrogens is 446 g/mol. The summed E-state index contributed by atoms with van der Waals surface area (Å²) in [5.41, 5.74) is 2.18. The SMILES string of the molecule is COC(C)(C)C(=O)N(C)c1ccc([C@H]2CN(c3nc(-c4ccncc4)cc(=O)n3C)CCO2)cc1. The highest BCUT2D eigenvalue weighted by Gasteiger charge is 2.31. The predicted octanol–water partition coefficient (Wildman–Crippen LogP) is 2.81. The average molecular weight is 478 g/mol. The molecule has 1 amide bonds. The Labute approximate surface area is 204 Å². The first-order valence-electron chi connectivity index (χ1n) is 11.5. The van der Waals surface area contributed by atoms with E-state index in [2.05, 4.69) is 9.88 Å². The highest BCUT2D eigenvalue weighted by Crippen LogP contribution is 2.28. The first-order valence-corrected chi connectivity index (χ1v) is 11.5. The second kappa shape index (κ2) is 9.97. The number of aromatic nitrogens is 3. The number of pyridine rings is 1. The maximum Gasteiger partial charge on any atom is 0.258 e. The van der Waals surface area contributed by atoms with Crippen LogP contribution in [0.3, 0.4) is 0 Å². The maximum absolute atomic E-state index is 12.7. The molecule has 0 saturated carbocycles. The van der Waals surface area contributed by atoms with E-state index in [9.17, 15) is 9.59 Å². The molecule has 1 aromatic carbocycles. The largest absolute Gasteiger partial charge is 0.370 e. The van der Waals surface area contributed by atoms with Crippen molar-refractivity contribution in [1.29, 1.82) is 0 Å². The summed E-state index contributed by atoms with van der Waals surface area (Å²) >= 11 is 0. The van der Waals surface area contributed by atoms with E-state index in [1.54, 1.807) is 49.8 Å². The molecule has 184 valence electrons. The van der Waals surface area contributed by atoms with Crippen molar-refractivity contribution in [3.8, 4) is 11.3 Å². The molecular formula is C26H31N5O4. The van der Waals surface area contributed by atoms with Gasteiger partial charge in [0, 0.05) is 57.5 Å². The van der Waals surface area contributed by atoms with Crippen molar-refractivity contribution in [1.82, 2.24) is 14.5 Å². The number of hydrogen-bond donors (Lipinski definition) is 0. The number of benzene rings is 1. The molecule has 0 N–H and O–H groups in total. The summed E-state index contributed by atoms with van der Waals surface area (Å²) in [5.74, 6) is 0.468. The summed E-state index contributed by atoms with van der Waals surface area (Å²) in [6.45, 7) is 5.16. The van der Waals surface area contributed by atoms with Crippen LogP contribution in [0.1, 0.15) is 25.5 Å². The Bertz CT molecular complexity index is 1240. The van der Waals surface area contributed by atoms with Gasteiger partial charge in [-0.05, 0) is 43.7 Å². The minimum absolute atomic E-state index is 0.124. The molecule has 2 aromatic heterocycles. The van der Waals surface area contributed by atoms with Gasteiger partial charge in [-0.25, -0.2) is 4.98 Å². The second-order valence-corrected chi connectivity index (χ2v) is 9.05. The van der Waals surface area contributed by atoms with Crippen molar-refractivity contribution in [2.45, 2.75) is 25.6 Å². The quantitative estimate of drug-likeness (QED) is 0.539. The number of methoxy groups -OCH3 is 1. The van der Waals surface area contributed by atoms with Gasteiger partial charge in [-0.2, -0.15) is 0 Å². The topological polar surface area (TPSA) is 89.8 Å². The van der Waals surface area contributed by atoms with E-state index in [-0.39, 0.29) is 17.6 Å².